The minimum atomic E-state index is -0.443. The lowest BCUT2D eigenvalue weighted by Gasteiger charge is -2.05. The molecule has 0 radical (unpaired) electrons. The molecule has 0 atom stereocenters. The second-order valence-electron chi connectivity index (χ2n) is 2.99. The van der Waals surface area contributed by atoms with Crippen LogP contribution >= 0.6 is 0 Å². The first-order valence-corrected chi connectivity index (χ1v) is 4.08. The molecular formula is C9H15NO3. The molecule has 0 fully saturated rings. The number of esters is 1. The topological polar surface area (TPSA) is 55.4 Å². The van der Waals surface area contributed by atoms with Gasteiger partial charge in [0.2, 0.25) is 5.91 Å². The number of allylic oxidation sites excluding steroid dienone is 1. The first-order chi connectivity index (χ1) is 5.91. The first kappa shape index (κ1) is 11.7. The van der Waals surface area contributed by atoms with Gasteiger partial charge in [0, 0.05) is 18.7 Å². The Labute approximate surface area is 78.0 Å². The Balaban J connectivity index is 4.06. The van der Waals surface area contributed by atoms with Gasteiger partial charge in [-0.3, -0.25) is 4.79 Å². The van der Waals surface area contributed by atoms with Crippen LogP contribution in [0.5, 0.6) is 0 Å². The summed E-state index contributed by atoms with van der Waals surface area (Å²) in [5, 5.41) is 2.47. The van der Waals surface area contributed by atoms with E-state index >= 15 is 0 Å². The molecule has 1 amide bonds. The van der Waals surface area contributed by atoms with Crippen molar-refractivity contribution >= 4 is 11.9 Å². The van der Waals surface area contributed by atoms with Gasteiger partial charge in [-0.25, -0.2) is 4.79 Å². The molecule has 1 N–H and O–H groups in total. The monoisotopic (exact) mass is 185 g/mol. The van der Waals surface area contributed by atoms with E-state index in [1.807, 2.05) is 0 Å². The van der Waals surface area contributed by atoms with Gasteiger partial charge in [0.1, 0.15) is 0 Å². The van der Waals surface area contributed by atoms with E-state index < -0.39 is 5.97 Å². The summed E-state index contributed by atoms with van der Waals surface area (Å²) < 4.78 is 4.84. The first-order valence-electron chi connectivity index (χ1n) is 4.08. The summed E-state index contributed by atoms with van der Waals surface area (Å²) >= 11 is 0. The number of nitrogens with one attached hydrogen (secondary N) is 1. The van der Waals surface area contributed by atoms with E-state index in [1.54, 1.807) is 20.8 Å². The molecule has 13 heavy (non-hydrogen) atoms. The van der Waals surface area contributed by atoms with Gasteiger partial charge in [0.15, 0.2) is 0 Å². The normalized spacial score (nSPS) is 11.3. The van der Waals surface area contributed by atoms with Crippen molar-refractivity contribution in [2.24, 2.45) is 0 Å². The summed E-state index contributed by atoms with van der Waals surface area (Å²) in [7, 11) is 0. The molecule has 0 saturated heterocycles. The lowest BCUT2D eigenvalue weighted by Crippen LogP contribution is -2.19. The molecule has 0 heterocycles. The molecule has 0 aliphatic heterocycles. The van der Waals surface area contributed by atoms with E-state index in [1.165, 1.54) is 13.0 Å². The maximum atomic E-state index is 11.0. The average Bonchev–Trinajstić information content (AvgIpc) is 1.80. The number of ether oxygens (including phenoxy) is 1. The van der Waals surface area contributed by atoms with Crippen LogP contribution in [-0.2, 0) is 14.3 Å². The summed E-state index contributed by atoms with van der Waals surface area (Å²) in [6.07, 6.45) is 1.11. The Bertz CT molecular complexity index is 231. The minimum absolute atomic E-state index is 0.145. The molecule has 0 rings (SSSR count). The van der Waals surface area contributed by atoms with Crippen molar-refractivity contribution < 1.29 is 14.3 Å². The van der Waals surface area contributed by atoms with Crippen molar-refractivity contribution in [1.29, 1.82) is 0 Å². The summed E-state index contributed by atoms with van der Waals surface area (Å²) in [4.78, 5) is 21.5. The summed E-state index contributed by atoms with van der Waals surface area (Å²) in [5.41, 5.74) is 0.484. The predicted molar refractivity (Wildman–Crippen MR) is 48.8 cm³/mol. The van der Waals surface area contributed by atoms with E-state index in [0.29, 0.717) is 5.70 Å². The van der Waals surface area contributed by atoms with E-state index in [0.717, 1.165) is 0 Å². The van der Waals surface area contributed by atoms with E-state index in [-0.39, 0.29) is 12.0 Å². The Morgan fingerprint density at radius 2 is 1.85 bits per heavy atom. The molecule has 0 aromatic rings. The van der Waals surface area contributed by atoms with Crippen LogP contribution < -0.4 is 5.32 Å². The Hall–Kier alpha value is -1.32. The van der Waals surface area contributed by atoms with Crippen LogP contribution in [0, 0.1) is 0 Å². The zero-order valence-electron chi connectivity index (χ0n) is 8.38. The number of hydrogen-bond acceptors (Lipinski definition) is 3. The van der Waals surface area contributed by atoms with Crippen molar-refractivity contribution in [2.45, 2.75) is 33.8 Å². The van der Waals surface area contributed by atoms with Gasteiger partial charge in [0.25, 0.3) is 0 Å². The standard InChI is InChI=1S/C9H15NO3/c1-6(2)13-9(12)5-7(3)10-8(4)11/h5-6H,1-4H3,(H,10,11)/b7-5+. The smallest absolute Gasteiger partial charge is 0.332 e. The quantitative estimate of drug-likeness (QED) is 0.526. The van der Waals surface area contributed by atoms with Gasteiger partial charge in [0.05, 0.1) is 6.10 Å². The van der Waals surface area contributed by atoms with Crippen LogP contribution in [0.4, 0.5) is 0 Å². The van der Waals surface area contributed by atoms with Crippen LogP contribution in [-0.4, -0.2) is 18.0 Å². The maximum absolute atomic E-state index is 11.0. The molecule has 0 aromatic heterocycles. The highest BCUT2D eigenvalue weighted by Gasteiger charge is 2.02. The van der Waals surface area contributed by atoms with E-state index in [9.17, 15) is 9.59 Å². The molecule has 0 aliphatic rings. The van der Waals surface area contributed by atoms with Crippen LogP contribution in [0.25, 0.3) is 0 Å². The van der Waals surface area contributed by atoms with Crippen molar-refractivity contribution in [3.8, 4) is 0 Å². The predicted octanol–water partition coefficient (Wildman–Crippen LogP) is 0.978. The van der Waals surface area contributed by atoms with Crippen LogP contribution in [0.3, 0.4) is 0 Å². The SMILES string of the molecule is CC(=O)N/C(C)=C/C(=O)OC(C)C. The molecule has 4 nitrogen and oxygen atoms in total. The number of amides is 1. The fraction of sp³-hybridized carbons (Fsp3) is 0.556. The molecule has 0 aromatic carbocycles. The fourth-order valence-electron chi connectivity index (χ4n) is 0.757. The lowest BCUT2D eigenvalue weighted by atomic mass is 10.4. The number of carbonyl (C=O) groups excluding carboxylic acids is 2. The van der Waals surface area contributed by atoms with Crippen molar-refractivity contribution in [3.63, 3.8) is 0 Å². The van der Waals surface area contributed by atoms with Crippen LogP contribution in [0.2, 0.25) is 0 Å². The van der Waals surface area contributed by atoms with Crippen molar-refractivity contribution in [3.05, 3.63) is 11.8 Å². The van der Waals surface area contributed by atoms with Gasteiger partial charge >= 0.3 is 5.97 Å². The van der Waals surface area contributed by atoms with E-state index in [2.05, 4.69) is 5.32 Å². The molecule has 74 valence electrons. The largest absolute Gasteiger partial charge is 0.460 e. The summed E-state index contributed by atoms with van der Waals surface area (Å²) in [5.74, 6) is -0.646. The van der Waals surface area contributed by atoms with Crippen LogP contribution in [0.1, 0.15) is 27.7 Å². The van der Waals surface area contributed by atoms with Crippen LogP contribution in [0.15, 0.2) is 11.8 Å². The Morgan fingerprint density at radius 3 is 2.23 bits per heavy atom. The fourth-order valence-corrected chi connectivity index (χ4v) is 0.757. The third kappa shape index (κ3) is 7.05. The number of hydrogen-bond donors (Lipinski definition) is 1. The second kappa shape index (κ2) is 5.35. The van der Waals surface area contributed by atoms with Gasteiger partial charge in [-0.1, -0.05) is 0 Å². The Kier molecular flexibility index (Phi) is 4.80. The summed E-state index contributed by atoms with van der Waals surface area (Å²) in [6.45, 7) is 6.53. The maximum Gasteiger partial charge on any atom is 0.332 e. The number of carbonyl (C=O) groups is 2. The zero-order valence-corrected chi connectivity index (χ0v) is 8.38. The third-order valence-corrected chi connectivity index (χ3v) is 1.06. The molecular weight excluding hydrogens is 170 g/mol. The Morgan fingerprint density at radius 1 is 1.31 bits per heavy atom. The van der Waals surface area contributed by atoms with Gasteiger partial charge in [-0.05, 0) is 20.8 Å². The molecule has 0 bridgehead atoms. The average molecular weight is 185 g/mol. The van der Waals surface area contributed by atoms with Crippen molar-refractivity contribution in [2.75, 3.05) is 0 Å². The highest BCUT2D eigenvalue weighted by Crippen LogP contribution is 1.93. The highest BCUT2D eigenvalue weighted by atomic mass is 16.5. The van der Waals surface area contributed by atoms with Gasteiger partial charge in [-0.15, -0.1) is 0 Å². The molecule has 0 spiro atoms. The zero-order chi connectivity index (χ0) is 10.4. The van der Waals surface area contributed by atoms with Gasteiger partial charge < -0.3 is 10.1 Å². The number of rotatable bonds is 3. The molecule has 0 unspecified atom stereocenters. The molecule has 0 saturated carbocycles. The highest BCUT2D eigenvalue weighted by molar-refractivity contribution is 5.84. The third-order valence-electron chi connectivity index (χ3n) is 1.06. The van der Waals surface area contributed by atoms with Gasteiger partial charge in [-0.2, -0.15) is 0 Å². The van der Waals surface area contributed by atoms with Crippen molar-refractivity contribution in [1.82, 2.24) is 5.32 Å². The lowest BCUT2D eigenvalue weighted by molar-refractivity contribution is -0.141. The minimum Gasteiger partial charge on any atom is -0.460 e. The van der Waals surface area contributed by atoms with E-state index in [4.69, 9.17) is 4.74 Å². The molecule has 4 heteroatoms. The summed E-state index contributed by atoms with van der Waals surface area (Å²) in [6, 6.07) is 0. The molecule has 0 aliphatic carbocycles. The second-order valence-corrected chi connectivity index (χ2v) is 2.99.